The highest BCUT2D eigenvalue weighted by Gasteiger charge is 2.20. The summed E-state index contributed by atoms with van der Waals surface area (Å²) in [4.78, 5) is 11.5. The fourth-order valence-corrected chi connectivity index (χ4v) is 2.92. The monoisotopic (exact) mass is 276 g/mol. The van der Waals surface area contributed by atoms with Crippen LogP contribution in [0.25, 0.3) is 0 Å². The van der Waals surface area contributed by atoms with Crippen LogP contribution in [-0.4, -0.2) is 29.6 Å². The third-order valence-corrected chi connectivity index (χ3v) is 4.02. The molecule has 1 aliphatic rings. The molecule has 0 aliphatic carbocycles. The number of hydrogen-bond donors (Lipinski definition) is 1. The van der Waals surface area contributed by atoms with Crippen molar-refractivity contribution in [3.8, 4) is 0 Å². The number of rotatable bonds is 6. The van der Waals surface area contributed by atoms with E-state index in [4.69, 9.17) is 0 Å². The van der Waals surface area contributed by atoms with Crippen LogP contribution in [-0.2, 0) is 0 Å². The van der Waals surface area contributed by atoms with Crippen molar-refractivity contribution in [2.75, 3.05) is 29.9 Å². The molecule has 2 heterocycles. The van der Waals surface area contributed by atoms with Crippen molar-refractivity contribution >= 4 is 11.6 Å². The van der Waals surface area contributed by atoms with E-state index in [1.54, 1.807) is 0 Å². The average molecular weight is 276 g/mol. The molecule has 1 N–H and O–H groups in total. The van der Waals surface area contributed by atoms with Crippen LogP contribution in [0.4, 0.5) is 11.6 Å². The molecule has 1 fully saturated rings. The van der Waals surface area contributed by atoms with Crippen molar-refractivity contribution in [2.24, 2.45) is 5.92 Å². The quantitative estimate of drug-likeness (QED) is 0.861. The zero-order valence-corrected chi connectivity index (χ0v) is 13.2. The molecule has 1 saturated heterocycles. The summed E-state index contributed by atoms with van der Waals surface area (Å²) in [6.07, 6.45) is 6.40. The standard InChI is InChI=1S/C16H28N4/c1-4-6-14-7-10-20(11-8-14)16-12-15(17-9-5-2)18-13(3)19-16/h12,14H,4-11H2,1-3H3,(H,17,18,19). The van der Waals surface area contributed by atoms with Crippen molar-refractivity contribution < 1.29 is 0 Å². The van der Waals surface area contributed by atoms with E-state index in [9.17, 15) is 0 Å². The first-order valence-electron chi connectivity index (χ1n) is 8.07. The second-order valence-electron chi connectivity index (χ2n) is 5.80. The van der Waals surface area contributed by atoms with Gasteiger partial charge in [-0.2, -0.15) is 0 Å². The van der Waals surface area contributed by atoms with E-state index in [1.165, 1.54) is 25.7 Å². The Morgan fingerprint density at radius 1 is 1.20 bits per heavy atom. The highest BCUT2D eigenvalue weighted by Crippen LogP contribution is 2.25. The fraction of sp³-hybridized carbons (Fsp3) is 0.750. The van der Waals surface area contributed by atoms with Crippen molar-refractivity contribution in [1.82, 2.24) is 9.97 Å². The van der Waals surface area contributed by atoms with Gasteiger partial charge in [0.15, 0.2) is 0 Å². The van der Waals surface area contributed by atoms with Crippen molar-refractivity contribution in [1.29, 1.82) is 0 Å². The molecular formula is C16H28N4. The van der Waals surface area contributed by atoms with Gasteiger partial charge in [-0.05, 0) is 32.1 Å². The largest absolute Gasteiger partial charge is 0.370 e. The van der Waals surface area contributed by atoms with Gasteiger partial charge >= 0.3 is 0 Å². The SMILES string of the molecule is CCCNc1cc(N2CCC(CCC)CC2)nc(C)n1. The lowest BCUT2D eigenvalue weighted by Gasteiger charge is -2.33. The van der Waals surface area contributed by atoms with Crippen LogP contribution in [0.15, 0.2) is 6.07 Å². The number of nitrogens with one attached hydrogen (secondary N) is 1. The summed E-state index contributed by atoms with van der Waals surface area (Å²) in [5.74, 6) is 3.82. The first kappa shape index (κ1) is 15.1. The molecular weight excluding hydrogens is 248 g/mol. The van der Waals surface area contributed by atoms with Gasteiger partial charge < -0.3 is 10.2 Å². The van der Waals surface area contributed by atoms with Crippen LogP contribution in [0.2, 0.25) is 0 Å². The maximum absolute atomic E-state index is 4.61. The minimum atomic E-state index is 0.858. The third kappa shape index (κ3) is 4.09. The molecule has 4 nitrogen and oxygen atoms in total. The molecule has 112 valence electrons. The van der Waals surface area contributed by atoms with E-state index in [1.807, 2.05) is 6.92 Å². The van der Waals surface area contributed by atoms with E-state index in [0.717, 1.165) is 49.4 Å². The van der Waals surface area contributed by atoms with Gasteiger partial charge in [-0.15, -0.1) is 0 Å². The van der Waals surface area contributed by atoms with Gasteiger partial charge in [-0.1, -0.05) is 26.7 Å². The molecule has 1 aromatic rings. The molecule has 0 bridgehead atoms. The molecule has 0 radical (unpaired) electrons. The first-order chi connectivity index (χ1) is 9.72. The minimum Gasteiger partial charge on any atom is -0.370 e. The topological polar surface area (TPSA) is 41.0 Å². The van der Waals surface area contributed by atoms with Gasteiger partial charge in [0.25, 0.3) is 0 Å². The number of piperidine rings is 1. The Morgan fingerprint density at radius 3 is 2.60 bits per heavy atom. The van der Waals surface area contributed by atoms with E-state index in [2.05, 4.69) is 40.1 Å². The van der Waals surface area contributed by atoms with Crippen LogP contribution in [0, 0.1) is 12.8 Å². The van der Waals surface area contributed by atoms with Crippen LogP contribution >= 0.6 is 0 Å². The highest BCUT2D eigenvalue weighted by atomic mass is 15.2. The first-order valence-corrected chi connectivity index (χ1v) is 8.07. The van der Waals surface area contributed by atoms with Crippen LogP contribution < -0.4 is 10.2 Å². The fourth-order valence-electron chi connectivity index (χ4n) is 2.92. The Kier molecular flexibility index (Phi) is 5.62. The Bertz CT molecular complexity index is 411. The molecule has 0 amide bonds. The molecule has 2 rings (SSSR count). The van der Waals surface area contributed by atoms with Crippen LogP contribution in [0.3, 0.4) is 0 Å². The Hall–Kier alpha value is -1.32. The predicted octanol–water partition coefficient (Wildman–Crippen LogP) is 3.62. The number of hydrogen-bond acceptors (Lipinski definition) is 4. The summed E-state index contributed by atoms with van der Waals surface area (Å²) in [6, 6.07) is 2.10. The molecule has 20 heavy (non-hydrogen) atoms. The van der Waals surface area contributed by atoms with Gasteiger partial charge in [0.1, 0.15) is 17.5 Å². The van der Waals surface area contributed by atoms with Crippen LogP contribution in [0.1, 0.15) is 51.8 Å². The lowest BCUT2D eigenvalue weighted by Crippen LogP contribution is -2.34. The number of nitrogens with zero attached hydrogens (tertiary/aromatic N) is 3. The normalized spacial score (nSPS) is 16.4. The number of anilines is 2. The van der Waals surface area contributed by atoms with Gasteiger partial charge in [0.05, 0.1) is 0 Å². The molecule has 1 aliphatic heterocycles. The summed E-state index contributed by atoms with van der Waals surface area (Å²) in [5, 5.41) is 3.37. The number of aromatic nitrogens is 2. The molecule has 0 saturated carbocycles. The minimum absolute atomic E-state index is 0.858. The molecule has 4 heteroatoms. The lowest BCUT2D eigenvalue weighted by molar-refractivity contribution is 0.377. The smallest absolute Gasteiger partial charge is 0.134 e. The van der Waals surface area contributed by atoms with E-state index < -0.39 is 0 Å². The summed E-state index contributed by atoms with van der Waals surface area (Å²) in [5.41, 5.74) is 0. The summed E-state index contributed by atoms with van der Waals surface area (Å²) < 4.78 is 0. The average Bonchev–Trinajstić information content (AvgIpc) is 2.46. The highest BCUT2D eigenvalue weighted by molar-refractivity contribution is 5.49. The molecule has 0 atom stereocenters. The van der Waals surface area contributed by atoms with Gasteiger partial charge in [-0.25, -0.2) is 9.97 Å². The third-order valence-electron chi connectivity index (χ3n) is 4.02. The molecule has 0 unspecified atom stereocenters. The second kappa shape index (κ2) is 7.46. The van der Waals surface area contributed by atoms with Crippen LogP contribution in [0.5, 0.6) is 0 Å². The Morgan fingerprint density at radius 2 is 1.95 bits per heavy atom. The lowest BCUT2D eigenvalue weighted by atomic mass is 9.92. The number of aryl methyl sites for hydroxylation is 1. The molecule has 0 spiro atoms. The summed E-state index contributed by atoms with van der Waals surface area (Å²) in [7, 11) is 0. The molecule has 1 aromatic heterocycles. The van der Waals surface area contributed by atoms with Crippen molar-refractivity contribution in [2.45, 2.75) is 52.9 Å². The van der Waals surface area contributed by atoms with E-state index in [0.29, 0.717) is 0 Å². The predicted molar refractivity (Wildman–Crippen MR) is 85.4 cm³/mol. The zero-order chi connectivity index (χ0) is 14.4. The molecule has 0 aromatic carbocycles. The van der Waals surface area contributed by atoms with Gasteiger partial charge in [0, 0.05) is 25.7 Å². The van der Waals surface area contributed by atoms with Gasteiger partial charge in [0.2, 0.25) is 0 Å². The van der Waals surface area contributed by atoms with Crippen molar-refractivity contribution in [3.05, 3.63) is 11.9 Å². The Labute approximate surface area is 123 Å². The maximum Gasteiger partial charge on any atom is 0.134 e. The second-order valence-corrected chi connectivity index (χ2v) is 5.80. The maximum atomic E-state index is 4.61. The van der Waals surface area contributed by atoms with E-state index >= 15 is 0 Å². The Balaban J connectivity index is 2.00. The van der Waals surface area contributed by atoms with E-state index in [-0.39, 0.29) is 0 Å². The van der Waals surface area contributed by atoms with Crippen molar-refractivity contribution in [3.63, 3.8) is 0 Å². The van der Waals surface area contributed by atoms with Gasteiger partial charge in [-0.3, -0.25) is 0 Å². The zero-order valence-electron chi connectivity index (χ0n) is 13.2. The summed E-state index contributed by atoms with van der Waals surface area (Å²) in [6.45, 7) is 9.66. The summed E-state index contributed by atoms with van der Waals surface area (Å²) >= 11 is 0.